The van der Waals surface area contributed by atoms with Gasteiger partial charge in [-0.15, -0.1) is 0 Å². The fourth-order valence-electron chi connectivity index (χ4n) is 5.60. The number of aryl methyl sites for hydroxylation is 2. The van der Waals surface area contributed by atoms with Gasteiger partial charge in [-0.1, -0.05) is 37.1 Å². The molecule has 0 bridgehead atoms. The molecule has 1 fully saturated rings. The largest absolute Gasteiger partial charge is 0.492 e. The number of rotatable bonds is 11. The van der Waals surface area contributed by atoms with E-state index in [4.69, 9.17) is 24.1 Å². The average Bonchev–Trinajstić information content (AvgIpc) is 3.55. The number of aliphatic carboxylic acids is 1. The van der Waals surface area contributed by atoms with Gasteiger partial charge in [0.25, 0.3) is 0 Å². The fraction of sp³-hybridized carbons (Fsp3) is 0.406. The van der Waals surface area contributed by atoms with Crippen LogP contribution in [0.25, 0.3) is 11.1 Å². The molecule has 1 saturated carbocycles. The van der Waals surface area contributed by atoms with Crippen LogP contribution < -0.4 is 14.2 Å². The zero-order valence-corrected chi connectivity index (χ0v) is 22.2. The number of hydrogen-bond acceptors (Lipinski definition) is 5. The molecule has 0 radical (unpaired) electrons. The lowest BCUT2D eigenvalue weighted by Gasteiger charge is -2.16. The molecule has 38 heavy (non-hydrogen) atoms. The summed E-state index contributed by atoms with van der Waals surface area (Å²) in [5.41, 5.74) is 6.68. The zero-order chi connectivity index (χ0) is 26.5. The van der Waals surface area contributed by atoms with Crippen molar-refractivity contribution < 1.29 is 28.8 Å². The molecule has 0 aromatic heterocycles. The third kappa shape index (κ3) is 6.30. The molecule has 2 aliphatic rings. The highest BCUT2D eigenvalue weighted by Gasteiger charge is 2.26. The lowest BCUT2D eigenvalue weighted by atomic mass is 9.94. The van der Waals surface area contributed by atoms with Crippen LogP contribution in [0, 0.1) is 13.8 Å². The summed E-state index contributed by atoms with van der Waals surface area (Å²) in [6.45, 7) is 6.25. The Kier molecular flexibility index (Phi) is 8.18. The Bertz CT molecular complexity index is 1250. The van der Waals surface area contributed by atoms with Crippen LogP contribution in [0.3, 0.4) is 0 Å². The molecule has 6 heteroatoms. The van der Waals surface area contributed by atoms with Gasteiger partial charge in [0.05, 0.1) is 25.7 Å². The van der Waals surface area contributed by atoms with Crippen molar-refractivity contribution in [3.05, 3.63) is 76.9 Å². The first-order valence-corrected chi connectivity index (χ1v) is 13.5. The van der Waals surface area contributed by atoms with E-state index in [-0.39, 0.29) is 12.3 Å². The van der Waals surface area contributed by atoms with Crippen LogP contribution in [-0.4, -0.2) is 37.0 Å². The van der Waals surface area contributed by atoms with Gasteiger partial charge in [0.15, 0.2) is 0 Å². The summed E-state index contributed by atoms with van der Waals surface area (Å²) in [7, 11) is 0. The quantitative estimate of drug-likeness (QED) is 0.281. The van der Waals surface area contributed by atoms with E-state index in [1.165, 1.54) is 42.4 Å². The lowest BCUT2D eigenvalue weighted by Crippen LogP contribution is -2.14. The number of carbonyl (C=O) groups is 1. The maximum atomic E-state index is 11.1. The second kappa shape index (κ2) is 11.9. The first kappa shape index (κ1) is 26.1. The van der Waals surface area contributed by atoms with Crippen molar-refractivity contribution in [2.45, 2.75) is 64.6 Å². The predicted molar refractivity (Wildman–Crippen MR) is 146 cm³/mol. The lowest BCUT2D eigenvalue weighted by molar-refractivity contribution is -0.137. The van der Waals surface area contributed by atoms with Gasteiger partial charge in [-0.3, -0.25) is 4.79 Å². The summed E-state index contributed by atoms with van der Waals surface area (Å²) >= 11 is 0. The van der Waals surface area contributed by atoms with Crippen molar-refractivity contribution in [2.75, 3.05) is 19.8 Å². The monoisotopic (exact) mass is 516 g/mol. The number of hydrogen-bond donors (Lipinski definition) is 1. The van der Waals surface area contributed by atoms with E-state index in [2.05, 4.69) is 50.2 Å². The highest BCUT2D eigenvalue weighted by molar-refractivity contribution is 5.72. The molecule has 0 spiro atoms. The van der Waals surface area contributed by atoms with Crippen LogP contribution in [0.15, 0.2) is 54.6 Å². The number of benzene rings is 3. The highest BCUT2D eigenvalue weighted by Crippen LogP contribution is 2.38. The number of fused-ring (bicyclic) bond motifs is 1. The SMILES string of the molecule is Cc1cc(OCCOC2CCCC2)cc(C)c1-c1cccc(COc2ccc3c(c2)OC[C@H]3CC(=O)O)c1. The van der Waals surface area contributed by atoms with Gasteiger partial charge >= 0.3 is 5.97 Å². The summed E-state index contributed by atoms with van der Waals surface area (Å²) in [6, 6.07) is 18.3. The van der Waals surface area contributed by atoms with Gasteiger partial charge in [0, 0.05) is 17.5 Å². The average molecular weight is 517 g/mol. The van der Waals surface area contributed by atoms with Gasteiger partial charge in [-0.2, -0.15) is 0 Å². The van der Waals surface area contributed by atoms with E-state index in [1.54, 1.807) is 0 Å². The van der Waals surface area contributed by atoms with E-state index in [9.17, 15) is 4.79 Å². The molecule has 0 amide bonds. The van der Waals surface area contributed by atoms with Crippen LogP contribution in [0.5, 0.6) is 17.2 Å². The standard InChI is InChI=1S/C32H36O6/c1-21-14-28(36-13-12-35-26-8-3-4-9-26)15-22(2)32(21)24-7-5-6-23(16-24)19-37-27-10-11-29-25(17-31(33)34)20-38-30(29)18-27/h5-7,10-11,14-16,18,25-26H,3-4,8-9,12-13,17,19-20H2,1-2H3,(H,33,34)/t25-/m1/s1. The molecule has 3 aromatic rings. The third-order valence-electron chi connectivity index (χ3n) is 7.42. The predicted octanol–water partition coefficient (Wildman–Crippen LogP) is 6.84. The molecule has 1 atom stereocenters. The van der Waals surface area contributed by atoms with Crippen LogP contribution in [0.2, 0.25) is 0 Å². The van der Waals surface area contributed by atoms with Crippen LogP contribution >= 0.6 is 0 Å². The maximum absolute atomic E-state index is 11.1. The van der Waals surface area contributed by atoms with E-state index in [0.717, 1.165) is 22.4 Å². The van der Waals surface area contributed by atoms with Gasteiger partial charge in [0.2, 0.25) is 0 Å². The first-order valence-electron chi connectivity index (χ1n) is 13.5. The van der Waals surface area contributed by atoms with Crippen molar-refractivity contribution in [1.82, 2.24) is 0 Å². The molecule has 200 valence electrons. The van der Waals surface area contributed by atoms with E-state index in [1.807, 2.05) is 18.2 Å². The number of carboxylic acids is 1. The smallest absolute Gasteiger partial charge is 0.304 e. The Morgan fingerprint density at radius 2 is 1.74 bits per heavy atom. The molecule has 5 rings (SSSR count). The van der Waals surface area contributed by atoms with E-state index < -0.39 is 5.97 Å². The molecule has 0 saturated heterocycles. The van der Waals surface area contributed by atoms with Crippen molar-refractivity contribution >= 4 is 5.97 Å². The number of ether oxygens (including phenoxy) is 4. The first-order chi connectivity index (χ1) is 18.5. The van der Waals surface area contributed by atoms with Gasteiger partial charge < -0.3 is 24.1 Å². The number of carboxylic acid groups (broad SMARTS) is 1. The van der Waals surface area contributed by atoms with Gasteiger partial charge in [0.1, 0.15) is 30.5 Å². The molecule has 1 N–H and O–H groups in total. The molecule has 1 aliphatic carbocycles. The Hall–Kier alpha value is -3.51. The normalized spacial score (nSPS) is 16.7. The Morgan fingerprint density at radius 1 is 0.947 bits per heavy atom. The molecule has 3 aromatic carbocycles. The molecule has 1 heterocycles. The van der Waals surface area contributed by atoms with Crippen LogP contribution in [-0.2, 0) is 16.1 Å². The molecular weight excluding hydrogens is 480 g/mol. The van der Waals surface area contributed by atoms with E-state index >= 15 is 0 Å². The second-order valence-corrected chi connectivity index (χ2v) is 10.4. The highest BCUT2D eigenvalue weighted by atomic mass is 16.5. The Balaban J connectivity index is 1.20. The minimum atomic E-state index is -0.816. The van der Waals surface area contributed by atoms with Crippen molar-refractivity contribution in [1.29, 1.82) is 0 Å². The van der Waals surface area contributed by atoms with Gasteiger partial charge in [-0.05, 0) is 78.8 Å². The van der Waals surface area contributed by atoms with Crippen molar-refractivity contribution in [2.24, 2.45) is 0 Å². The van der Waals surface area contributed by atoms with Crippen molar-refractivity contribution in [3.63, 3.8) is 0 Å². The minimum absolute atomic E-state index is 0.0702. The Labute approximate surface area is 224 Å². The molecule has 1 aliphatic heterocycles. The topological polar surface area (TPSA) is 74.2 Å². The third-order valence-corrected chi connectivity index (χ3v) is 7.42. The Morgan fingerprint density at radius 3 is 2.50 bits per heavy atom. The second-order valence-electron chi connectivity index (χ2n) is 10.4. The van der Waals surface area contributed by atoms with Crippen LogP contribution in [0.1, 0.15) is 60.3 Å². The van der Waals surface area contributed by atoms with Crippen LogP contribution in [0.4, 0.5) is 0 Å². The summed E-state index contributed by atoms with van der Waals surface area (Å²) in [6.07, 6.45) is 5.38. The molecular formula is C32H36O6. The summed E-state index contributed by atoms with van der Waals surface area (Å²) in [5, 5.41) is 9.10. The molecule has 6 nitrogen and oxygen atoms in total. The van der Waals surface area contributed by atoms with Gasteiger partial charge in [-0.25, -0.2) is 0 Å². The minimum Gasteiger partial charge on any atom is -0.492 e. The summed E-state index contributed by atoms with van der Waals surface area (Å²) in [5.74, 6) is 1.37. The maximum Gasteiger partial charge on any atom is 0.304 e. The zero-order valence-electron chi connectivity index (χ0n) is 22.2. The fourth-order valence-corrected chi connectivity index (χ4v) is 5.60. The summed E-state index contributed by atoms with van der Waals surface area (Å²) < 4.78 is 23.7. The van der Waals surface area contributed by atoms with Crippen molar-refractivity contribution in [3.8, 4) is 28.4 Å². The summed E-state index contributed by atoms with van der Waals surface area (Å²) in [4.78, 5) is 11.1. The molecule has 0 unspecified atom stereocenters. The van der Waals surface area contributed by atoms with E-state index in [0.29, 0.717) is 44.0 Å².